The van der Waals surface area contributed by atoms with E-state index in [0.717, 1.165) is 45.2 Å². The van der Waals surface area contributed by atoms with Crippen molar-refractivity contribution in [3.63, 3.8) is 0 Å². The summed E-state index contributed by atoms with van der Waals surface area (Å²) in [4.78, 5) is 41.3. The third kappa shape index (κ3) is 6.14. The van der Waals surface area contributed by atoms with Gasteiger partial charge >= 0.3 is 0 Å². The average Bonchev–Trinajstić information content (AvgIpc) is 2.83. The summed E-state index contributed by atoms with van der Waals surface area (Å²) < 4.78 is 11.5. The van der Waals surface area contributed by atoms with Crippen molar-refractivity contribution in [2.24, 2.45) is 5.92 Å². The Labute approximate surface area is 190 Å². The number of ether oxygens (including phenoxy) is 2. The minimum atomic E-state index is -0.178. The van der Waals surface area contributed by atoms with Gasteiger partial charge in [0.1, 0.15) is 0 Å². The molecule has 1 N–H and O–H groups in total. The van der Waals surface area contributed by atoms with E-state index in [1.54, 1.807) is 23.1 Å². The zero-order valence-electron chi connectivity index (χ0n) is 19.2. The van der Waals surface area contributed by atoms with Crippen LogP contribution in [0.1, 0.15) is 56.3 Å². The molecule has 176 valence electrons. The molecule has 3 amide bonds. The highest BCUT2D eigenvalue weighted by molar-refractivity contribution is 5.95. The van der Waals surface area contributed by atoms with Gasteiger partial charge in [-0.2, -0.15) is 0 Å². The standard InChI is InChI=1S/C24H35N3O5/c1-3-25-23(29)19-9-8-14-27(16-19)24(30)18-10-11-20(21(15-18)31-4-2)32-17-22(28)26-12-6-5-7-13-26/h10-11,15,19H,3-9,12-14,16-17H2,1-2H3,(H,25,29). The second-order valence-corrected chi connectivity index (χ2v) is 8.31. The SMILES string of the molecule is CCNC(=O)C1CCCN(C(=O)c2ccc(OCC(=O)N3CCCCC3)c(OCC)c2)C1. The quantitative estimate of drug-likeness (QED) is 0.664. The van der Waals surface area contributed by atoms with Gasteiger partial charge in [-0.3, -0.25) is 14.4 Å². The predicted octanol–water partition coefficient (Wildman–Crippen LogP) is 2.46. The van der Waals surface area contributed by atoms with Crippen LogP contribution in [0.3, 0.4) is 0 Å². The Morgan fingerprint density at radius 3 is 2.44 bits per heavy atom. The Morgan fingerprint density at radius 2 is 1.72 bits per heavy atom. The lowest BCUT2D eigenvalue weighted by Crippen LogP contribution is -2.45. The summed E-state index contributed by atoms with van der Waals surface area (Å²) in [5.74, 6) is 0.562. The normalized spacial score (nSPS) is 18.8. The molecule has 32 heavy (non-hydrogen) atoms. The Bertz CT molecular complexity index is 807. The molecule has 2 fully saturated rings. The van der Waals surface area contributed by atoms with E-state index >= 15 is 0 Å². The van der Waals surface area contributed by atoms with Gasteiger partial charge in [0, 0.05) is 38.3 Å². The fourth-order valence-corrected chi connectivity index (χ4v) is 4.28. The van der Waals surface area contributed by atoms with Gasteiger partial charge in [0.15, 0.2) is 18.1 Å². The van der Waals surface area contributed by atoms with E-state index in [-0.39, 0.29) is 30.2 Å². The first kappa shape index (κ1) is 23.9. The van der Waals surface area contributed by atoms with E-state index in [4.69, 9.17) is 9.47 Å². The van der Waals surface area contributed by atoms with Crippen LogP contribution in [0.15, 0.2) is 18.2 Å². The van der Waals surface area contributed by atoms with Crippen LogP contribution in [0.2, 0.25) is 0 Å². The predicted molar refractivity (Wildman–Crippen MR) is 121 cm³/mol. The summed E-state index contributed by atoms with van der Waals surface area (Å²) in [5, 5.41) is 2.85. The van der Waals surface area contributed by atoms with Gasteiger partial charge in [0.05, 0.1) is 12.5 Å². The van der Waals surface area contributed by atoms with Crippen LogP contribution in [0.4, 0.5) is 0 Å². The van der Waals surface area contributed by atoms with Crippen LogP contribution < -0.4 is 14.8 Å². The number of hydrogen-bond acceptors (Lipinski definition) is 5. The molecule has 1 aromatic rings. The van der Waals surface area contributed by atoms with Gasteiger partial charge in [0.25, 0.3) is 11.8 Å². The molecule has 0 bridgehead atoms. The molecule has 2 aliphatic heterocycles. The monoisotopic (exact) mass is 445 g/mol. The molecule has 1 aromatic carbocycles. The lowest BCUT2D eigenvalue weighted by atomic mass is 9.96. The number of nitrogens with zero attached hydrogens (tertiary/aromatic N) is 2. The van der Waals surface area contributed by atoms with Crippen LogP contribution in [-0.4, -0.2) is 73.5 Å². The number of nitrogens with one attached hydrogen (secondary N) is 1. The van der Waals surface area contributed by atoms with Gasteiger partial charge in [0.2, 0.25) is 5.91 Å². The minimum Gasteiger partial charge on any atom is -0.490 e. The number of hydrogen-bond donors (Lipinski definition) is 1. The smallest absolute Gasteiger partial charge is 0.260 e. The second-order valence-electron chi connectivity index (χ2n) is 8.31. The molecular formula is C24H35N3O5. The molecule has 0 spiro atoms. The Balaban J connectivity index is 1.65. The first-order chi connectivity index (χ1) is 15.5. The maximum absolute atomic E-state index is 13.1. The van der Waals surface area contributed by atoms with Crippen LogP contribution >= 0.6 is 0 Å². The largest absolute Gasteiger partial charge is 0.490 e. The van der Waals surface area contributed by atoms with Crippen LogP contribution in [0.25, 0.3) is 0 Å². The lowest BCUT2D eigenvalue weighted by molar-refractivity contribution is -0.134. The molecule has 0 aliphatic carbocycles. The number of carbonyl (C=O) groups is 3. The summed E-state index contributed by atoms with van der Waals surface area (Å²) in [5.41, 5.74) is 0.486. The fourth-order valence-electron chi connectivity index (χ4n) is 4.28. The van der Waals surface area contributed by atoms with Crippen LogP contribution in [0.5, 0.6) is 11.5 Å². The third-order valence-corrected chi connectivity index (χ3v) is 5.98. The van der Waals surface area contributed by atoms with Crippen molar-refractivity contribution in [3.8, 4) is 11.5 Å². The van der Waals surface area contributed by atoms with E-state index in [9.17, 15) is 14.4 Å². The number of piperidine rings is 2. The second kappa shape index (κ2) is 11.7. The van der Waals surface area contributed by atoms with Crippen LogP contribution in [-0.2, 0) is 9.59 Å². The molecule has 0 radical (unpaired) electrons. The molecule has 1 atom stereocenters. The zero-order valence-corrected chi connectivity index (χ0v) is 19.2. The summed E-state index contributed by atoms with van der Waals surface area (Å²) >= 11 is 0. The van der Waals surface area contributed by atoms with Gasteiger partial charge in [-0.15, -0.1) is 0 Å². The molecule has 1 unspecified atom stereocenters. The maximum atomic E-state index is 13.1. The highest BCUT2D eigenvalue weighted by Crippen LogP contribution is 2.30. The molecule has 0 saturated carbocycles. The molecule has 3 rings (SSSR count). The highest BCUT2D eigenvalue weighted by Gasteiger charge is 2.29. The van der Waals surface area contributed by atoms with Gasteiger partial charge < -0.3 is 24.6 Å². The van der Waals surface area contributed by atoms with E-state index in [1.165, 1.54) is 0 Å². The number of likely N-dealkylation sites (tertiary alicyclic amines) is 2. The van der Waals surface area contributed by atoms with Crippen molar-refractivity contribution >= 4 is 17.7 Å². The van der Waals surface area contributed by atoms with E-state index in [1.807, 2.05) is 18.7 Å². The summed E-state index contributed by atoms with van der Waals surface area (Å²) in [6.07, 6.45) is 4.81. The summed E-state index contributed by atoms with van der Waals surface area (Å²) in [6, 6.07) is 5.05. The van der Waals surface area contributed by atoms with Gasteiger partial charge in [-0.1, -0.05) is 0 Å². The van der Waals surface area contributed by atoms with Gasteiger partial charge in [-0.25, -0.2) is 0 Å². The summed E-state index contributed by atoms with van der Waals surface area (Å²) in [6.45, 7) is 7.30. The van der Waals surface area contributed by atoms with E-state index in [0.29, 0.717) is 43.3 Å². The zero-order chi connectivity index (χ0) is 22.9. The molecule has 2 saturated heterocycles. The Morgan fingerprint density at radius 1 is 0.969 bits per heavy atom. The maximum Gasteiger partial charge on any atom is 0.260 e. The number of carbonyl (C=O) groups excluding carboxylic acids is 3. The lowest BCUT2D eigenvalue weighted by Gasteiger charge is -2.32. The molecule has 2 heterocycles. The van der Waals surface area contributed by atoms with Crippen molar-refractivity contribution in [2.45, 2.75) is 46.0 Å². The van der Waals surface area contributed by atoms with E-state index in [2.05, 4.69) is 5.32 Å². The van der Waals surface area contributed by atoms with E-state index < -0.39 is 0 Å². The van der Waals surface area contributed by atoms with Crippen molar-refractivity contribution in [1.82, 2.24) is 15.1 Å². The first-order valence-electron chi connectivity index (χ1n) is 11.8. The number of amides is 3. The average molecular weight is 446 g/mol. The first-order valence-corrected chi connectivity index (χ1v) is 11.8. The van der Waals surface area contributed by atoms with Crippen molar-refractivity contribution < 1.29 is 23.9 Å². The number of rotatable bonds is 8. The highest BCUT2D eigenvalue weighted by atomic mass is 16.5. The number of benzene rings is 1. The topological polar surface area (TPSA) is 88.2 Å². The van der Waals surface area contributed by atoms with Crippen molar-refractivity contribution in [3.05, 3.63) is 23.8 Å². The van der Waals surface area contributed by atoms with Crippen molar-refractivity contribution in [1.29, 1.82) is 0 Å². The Hall–Kier alpha value is -2.77. The molecule has 8 heteroatoms. The third-order valence-electron chi connectivity index (χ3n) is 5.98. The molecule has 0 aromatic heterocycles. The van der Waals surface area contributed by atoms with Crippen LogP contribution in [0, 0.1) is 5.92 Å². The molecular weight excluding hydrogens is 410 g/mol. The van der Waals surface area contributed by atoms with Gasteiger partial charge in [-0.05, 0) is 64.2 Å². The van der Waals surface area contributed by atoms with Crippen molar-refractivity contribution in [2.75, 3.05) is 45.9 Å². The molecule has 2 aliphatic rings. The molecule has 8 nitrogen and oxygen atoms in total. The summed E-state index contributed by atoms with van der Waals surface area (Å²) in [7, 11) is 0. The Kier molecular flexibility index (Phi) is 8.76. The fraction of sp³-hybridized carbons (Fsp3) is 0.625. The minimum absolute atomic E-state index is 0.00197.